The number of esters is 1. The summed E-state index contributed by atoms with van der Waals surface area (Å²) in [6.07, 6.45) is -2.86. The van der Waals surface area contributed by atoms with Crippen LogP contribution < -0.4 is 5.32 Å². The molecule has 1 N–H and O–H groups in total. The summed E-state index contributed by atoms with van der Waals surface area (Å²) in [6, 6.07) is 7.11. The Labute approximate surface area is 188 Å². The summed E-state index contributed by atoms with van der Waals surface area (Å²) in [4.78, 5) is 28.5. The molecular formula is C23H25F3N4O3. The SMILES string of the molecule is COC(=O)Cn1ncc(C(C)NC(=O)c2ccc3nc(C(C)(C)C(F)(F)F)ccc3c2)c1C. The van der Waals surface area contributed by atoms with Crippen LogP contribution in [0.15, 0.2) is 36.5 Å². The summed E-state index contributed by atoms with van der Waals surface area (Å²) < 4.78 is 46.2. The number of aromatic nitrogens is 3. The third-order valence-corrected chi connectivity index (χ3v) is 5.76. The first-order valence-electron chi connectivity index (χ1n) is 10.2. The summed E-state index contributed by atoms with van der Waals surface area (Å²) in [5.41, 5.74) is -0.00630. The molecule has 0 aliphatic rings. The Morgan fingerprint density at radius 1 is 1.18 bits per heavy atom. The van der Waals surface area contributed by atoms with Crippen LogP contribution in [0.1, 0.15) is 54.1 Å². The Kier molecular flexibility index (Phi) is 6.49. The van der Waals surface area contributed by atoms with E-state index in [0.717, 1.165) is 25.1 Å². The number of rotatable bonds is 6. The molecule has 0 bridgehead atoms. The highest BCUT2D eigenvalue weighted by atomic mass is 19.4. The molecule has 1 atom stereocenters. The monoisotopic (exact) mass is 462 g/mol. The molecule has 0 spiro atoms. The number of carbonyl (C=O) groups is 2. The molecule has 176 valence electrons. The molecule has 1 amide bonds. The highest BCUT2D eigenvalue weighted by molar-refractivity contribution is 5.98. The number of alkyl halides is 3. The molecule has 0 fully saturated rings. The molecule has 0 radical (unpaired) electrons. The van der Waals surface area contributed by atoms with Gasteiger partial charge in [0.25, 0.3) is 5.91 Å². The first-order chi connectivity index (χ1) is 15.3. The van der Waals surface area contributed by atoms with Crippen molar-refractivity contribution in [1.29, 1.82) is 0 Å². The normalized spacial score (nSPS) is 13.1. The van der Waals surface area contributed by atoms with E-state index in [4.69, 9.17) is 0 Å². The van der Waals surface area contributed by atoms with Crippen LogP contribution in [-0.4, -0.2) is 39.9 Å². The van der Waals surface area contributed by atoms with Crippen molar-refractivity contribution in [3.05, 3.63) is 59.0 Å². The van der Waals surface area contributed by atoms with E-state index in [1.165, 1.54) is 36.1 Å². The first-order valence-corrected chi connectivity index (χ1v) is 10.2. The van der Waals surface area contributed by atoms with Gasteiger partial charge in [-0.25, -0.2) is 0 Å². The summed E-state index contributed by atoms with van der Waals surface area (Å²) in [6.45, 7) is 5.71. The third-order valence-electron chi connectivity index (χ3n) is 5.76. The molecule has 1 unspecified atom stereocenters. The van der Waals surface area contributed by atoms with Crippen molar-refractivity contribution in [2.75, 3.05) is 7.11 Å². The van der Waals surface area contributed by atoms with Gasteiger partial charge >= 0.3 is 12.1 Å². The lowest BCUT2D eigenvalue weighted by atomic mass is 9.87. The smallest absolute Gasteiger partial charge is 0.399 e. The zero-order chi connectivity index (χ0) is 24.6. The molecular weight excluding hydrogens is 437 g/mol. The van der Waals surface area contributed by atoms with Crippen molar-refractivity contribution in [1.82, 2.24) is 20.1 Å². The number of fused-ring (bicyclic) bond motifs is 1. The predicted octanol–water partition coefficient (Wildman–Crippen LogP) is 4.24. The Hall–Kier alpha value is -3.43. The van der Waals surface area contributed by atoms with Gasteiger partial charge in [-0.05, 0) is 52.0 Å². The van der Waals surface area contributed by atoms with E-state index in [0.29, 0.717) is 16.5 Å². The van der Waals surface area contributed by atoms with Crippen LogP contribution in [-0.2, 0) is 21.5 Å². The van der Waals surface area contributed by atoms with Crippen molar-refractivity contribution in [3.8, 4) is 0 Å². The van der Waals surface area contributed by atoms with E-state index in [1.807, 2.05) is 0 Å². The summed E-state index contributed by atoms with van der Waals surface area (Å²) in [5, 5.41) is 7.60. The number of pyridine rings is 1. The van der Waals surface area contributed by atoms with Crippen molar-refractivity contribution in [3.63, 3.8) is 0 Å². The van der Waals surface area contributed by atoms with E-state index in [9.17, 15) is 22.8 Å². The maximum atomic E-state index is 13.3. The van der Waals surface area contributed by atoms with Crippen LogP contribution in [0, 0.1) is 6.92 Å². The van der Waals surface area contributed by atoms with Gasteiger partial charge in [-0.3, -0.25) is 19.3 Å². The Morgan fingerprint density at radius 2 is 1.88 bits per heavy atom. The molecule has 3 rings (SSSR count). The lowest BCUT2D eigenvalue weighted by Crippen LogP contribution is -2.37. The second-order valence-electron chi connectivity index (χ2n) is 8.34. The van der Waals surface area contributed by atoms with Crippen molar-refractivity contribution in [2.45, 2.75) is 51.9 Å². The molecule has 7 nitrogen and oxygen atoms in total. The van der Waals surface area contributed by atoms with Gasteiger partial charge in [-0.1, -0.05) is 6.07 Å². The topological polar surface area (TPSA) is 86.1 Å². The van der Waals surface area contributed by atoms with E-state index < -0.39 is 23.6 Å². The average Bonchev–Trinajstić information content (AvgIpc) is 3.12. The molecule has 33 heavy (non-hydrogen) atoms. The van der Waals surface area contributed by atoms with Gasteiger partial charge in [0.2, 0.25) is 0 Å². The van der Waals surface area contributed by atoms with E-state index in [1.54, 1.807) is 26.1 Å². The maximum absolute atomic E-state index is 13.3. The lowest BCUT2D eigenvalue weighted by Gasteiger charge is -2.27. The molecule has 0 aliphatic carbocycles. The number of hydrogen-bond donors (Lipinski definition) is 1. The lowest BCUT2D eigenvalue weighted by molar-refractivity contribution is -0.181. The standard InChI is InChI=1S/C23H25F3N4O3/c1-13(17-11-27-30(14(17)2)12-20(31)33-5)28-21(32)16-6-8-18-15(10-16)7-9-19(29-18)22(3,4)23(24,25)26/h6-11,13H,12H2,1-5H3,(H,28,32). The van der Waals surface area contributed by atoms with Crippen LogP contribution >= 0.6 is 0 Å². The predicted molar refractivity (Wildman–Crippen MR) is 116 cm³/mol. The number of nitrogens with one attached hydrogen (secondary N) is 1. The number of benzene rings is 1. The number of ether oxygens (including phenoxy) is 1. The van der Waals surface area contributed by atoms with Crippen molar-refractivity contribution < 1.29 is 27.5 Å². The van der Waals surface area contributed by atoms with Gasteiger partial charge in [-0.15, -0.1) is 0 Å². The third kappa shape index (κ3) is 4.84. The van der Waals surface area contributed by atoms with Crippen molar-refractivity contribution in [2.24, 2.45) is 0 Å². The Balaban J connectivity index is 1.79. The number of carbonyl (C=O) groups excluding carboxylic acids is 2. The largest absolute Gasteiger partial charge is 0.468 e. The number of halogens is 3. The van der Waals surface area contributed by atoms with Gasteiger partial charge in [0, 0.05) is 22.2 Å². The van der Waals surface area contributed by atoms with Crippen LogP contribution in [0.25, 0.3) is 10.9 Å². The highest BCUT2D eigenvalue weighted by Gasteiger charge is 2.49. The molecule has 0 saturated carbocycles. The summed E-state index contributed by atoms with van der Waals surface area (Å²) in [7, 11) is 1.29. The quantitative estimate of drug-likeness (QED) is 0.554. The minimum atomic E-state index is -4.44. The van der Waals surface area contributed by atoms with E-state index in [-0.39, 0.29) is 18.1 Å². The highest BCUT2D eigenvalue weighted by Crippen LogP contribution is 2.39. The average molecular weight is 462 g/mol. The van der Waals surface area contributed by atoms with Crippen molar-refractivity contribution >= 4 is 22.8 Å². The van der Waals surface area contributed by atoms with Crippen LogP contribution in [0.3, 0.4) is 0 Å². The Morgan fingerprint density at radius 3 is 2.52 bits per heavy atom. The van der Waals surface area contributed by atoms with Crippen LogP contribution in [0.4, 0.5) is 13.2 Å². The zero-order valence-corrected chi connectivity index (χ0v) is 18.9. The molecule has 2 aromatic heterocycles. The summed E-state index contributed by atoms with van der Waals surface area (Å²) in [5.74, 6) is -0.791. The molecule has 10 heteroatoms. The van der Waals surface area contributed by atoms with Crippen LogP contribution in [0.5, 0.6) is 0 Å². The van der Waals surface area contributed by atoms with Gasteiger partial charge < -0.3 is 10.1 Å². The second-order valence-corrected chi connectivity index (χ2v) is 8.34. The minimum Gasteiger partial charge on any atom is -0.468 e. The number of methoxy groups -OCH3 is 1. The fourth-order valence-corrected chi connectivity index (χ4v) is 3.35. The molecule has 0 aliphatic heterocycles. The second kappa shape index (κ2) is 8.84. The molecule has 0 saturated heterocycles. The first kappa shape index (κ1) is 24.2. The molecule has 3 aromatic rings. The fourth-order valence-electron chi connectivity index (χ4n) is 3.35. The molecule has 2 heterocycles. The van der Waals surface area contributed by atoms with Crippen LogP contribution in [0.2, 0.25) is 0 Å². The van der Waals surface area contributed by atoms with Gasteiger partial charge in [0.05, 0.1) is 30.6 Å². The maximum Gasteiger partial charge on any atom is 0.399 e. The van der Waals surface area contributed by atoms with E-state index in [2.05, 4.69) is 20.1 Å². The number of nitrogens with zero attached hydrogens (tertiary/aromatic N) is 3. The van der Waals surface area contributed by atoms with E-state index >= 15 is 0 Å². The molecule has 1 aromatic carbocycles. The van der Waals surface area contributed by atoms with Gasteiger partial charge in [-0.2, -0.15) is 18.3 Å². The van der Waals surface area contributed by atoms with Gasteiger partial charge in [0.15, 0.2) is 0 Å². The summed E-state index contributed by atoms with van der Waals surface area (Å²) >= 11 is 0. The Bertz CT molecular complexity index is 1200. The number of amides is 1. The fraction of sp³-hybridized carbons (Fsp3) is 0.391. The number of hydrogen-bond acceptors (Lipinski definition) is 5. The zero-order valence-electron chi connectivity index (χ0n) is 18.9. The minimum absolute atomic E-state index is 0.0339. The van der Waals surface area contributed by atoms with Gasteiger partial charge in [0.1, 0.15) is 12.0 Å².